The van der Waals surface area contributed by atoms with Crippen LogP contribution in [0.15, 0.2) is 18.2 Å². The Morgan fingerprint density at radius 1 is 1.50 bits per heavy atom. The summed E-state index contributed by atoms with van der Waals surface area (Å²) in [6, 6.07) is 5.61. The van der Waals surface area contributed by atoms with Crippen molar-refractivity contribution >= 4 is 23.5 Å². The maximum atomic E-state index is 12.0. The molecule has 0 radical (unpaired) electrons. The SMILES string of the molecule is CCNc1cccc(C(=O)NC(C)CCSC)n1. The van der Waals surface area contributed by atoms with Crippen LogP contribution in [0.25, 0.3) is 0 Å². The lowest BCUT2D eigenvalue weighted by Gasteiger charge is -2.13. The van der Waals surface area contributed by atoms with E-state index in [-0.39, 0.29) is 11.9 Å². The van der Waals surface area contributed by atoms with Crippen LogP contribution in [0.5, 0.6) is 0 Å². The average molecular weight is 267 g/mol. The normalized spacial score (nSPS) is 11.9. The van der Waals surface area contributed by atoms with Gasteiger partial charge in [-0.3, -0.25) is 4.79 Å². The molecule has 5 heteroatoms. The third-order valence-corrected chi connectivity index (χ3v) is 3.12. The van der Waals surface area contributed by atoms with Gasteiger partial charge in [0.25, 0.3) is 5.91 Å². The molecule has 0 aliphatic carbocycles. The Balaban J connectivity index is 2.57. The molecule has 1 heterocycles. The van der Waals surface area contributed by atoms with Crippen molar-refractivity contribution in [3.05, 3.63) is 23.9 Å². The van der Waals surface area contributed by atoms with Crippen molar-refractivity contribution in [1.82, 2.24) is 10.3 Å². The van der Waals surface area contributed by atoms with E-state index in [1.807, 2.05) is 26.0 Å². The van der Waals surface area contributed by atoms with Crippen LogP contribution in [0.1, 0.15) is 30.8 Å². The first-order chi connectivity index (χ1) is 8.67. The van der Waals surface area contributed by atoms with Gasteiger partial charge in [0.05, 0.1) is 0 Å². The highest BCUT2D eigenvalue weighted by Gasteiger charge is 2.11. The van der Waals surface area contributed by atoms with E-state index in [2.05, 4.69) is 21.9 Å². The Hall–Kier alpha value is -1.23. The van der Waals surface area contributed by atoms with E-state index in [0.29, 0.717) is 5.69 Å². The molecule has 1 aromatic heterocycles. The topological polar surface area (TPSA) is 54.0 Å². The number of carbonyl (C=O) groups is 1. The van der Waals surface area contributed by atoms with Crippen molar-refractivity contribution in [2.45, 2.75) is 26.3 Å². The van der Waals surface area contributed by atoms with Gasteiger partial charge < -0.3 is 10.6 Å². The summed E-state index contributed by atoms with van der Waals surface area (Å²) in [5.41, 5.74) is 0.462. The molecule has 0 spiro atoms. The van der Waals surface area contributed by atoms with Gasteiger partial charge in [0.2, 0.25) is 0 Å². The Labute approximate surface area is 113 Å². The van der Waals surface area contributed by atoms with Crippen molar-refractivity contribution in [2.75, 3.05) is 23.9 Å². The standard InChI is InChI=1S/C13H21N3OS/c1-4-14-12-7-5-6-11(16-12)13(17)15-10(2)8-9-18-3/h5-7,10H,4,8-9H2,1-3H3,(H,14,16)(H,15,17). The summed E-state index contributed by atoms with van der Waals surface area (Å²) in [6.07, 6.45) is 3.04. The molecule has 0 saturated carbocycles. The van der Waals surface area contributed by atoms with E-state index in [1.54, 1.807) is 17.8 Å². The Bertz CT molecular complexity index is 384. The quantitative estimate of drug-likeness (QED) is 0.796. The molecule has 2 N–H and O–H groups in total. The minimum atomic E-state index is -0.108. The predicted molar refractivity (Wildman–Crippen MR) is 78.3 cm³/mol. The van der Waals surface area contributed by atoms with E-state index in [9.17, 15) is 4.79 Å². The van der Waals surface area contributed by atoms with Crippen LogP contribution in [0, 0.1) is 0 Å². The van der Waals surface area contributed by atoms with Crippen molar-refractivity contribution in [1.29, 1.82) is 0 Å². The van der Waals surface area contributed by atoms with Gasteiger partial charge in [0.15, 0.2) is 0 Å². The van der Waals surface area contributed by atoms with Crippen LogP contribution in [-0.4, -0.2) is 35.5 Å². The molecule has 0 saturated heterocycles. The lowest BCUT2D eigenvalue weighted by molar-refractivity contribution is 0.0934. The summed E-state index contributed by atoms with van der Waals surface area (Å²) >= 11 is 1.78. The number of nitrogens with one attached hydrogen (secondary N) is 2. The van der Waals surface area contributed by atoms with Crippen LogP contribution in [0.4, 0.5) is 5.82 Å². The van der Waals surface area contributed by atoms with Gasteiger partial charge >= 0.3 is 0 Å². The smallest absolute Gasteiger partial charge is 0.270 e. The predicted octanol–water partition coefficient (Wildman–Crippen LogP) is 2.38. The summed E-state index contributed by atoms with van der Waals surface area (Å²) in [4.78, 5) is 16.2. The number of carbonyl (C=O) groups excluding carboxylic acids is 1. The molecule has 18 heavy (non-hydrogen) atoms. The number of thioether (sulfide) groups is 1. The molecule has 1 atom stereocenters. The fourth-order valence-electron chi connectivity index (χ4n) is 1.51. The fourth-order valence-corrected chi connectivity index (χ4v) is 2.09. The van der Waals surface area contributed by atoms with Crippen LogP contribution < -0.4 is 10.6 Å². The van der Waals surface area contributed by atoms with Gasteiger partial charge in [-0.25, -0.2) is 4.98 Å². The van der Waals surface area contributed by atoms with Crippen LogP contribution >= 0.6 is 11.8 Å². The lowest BCUT2D eigenvalue weighted by Crippen LogP contribution is -2.33. The highest BCUT2D eigenvalue weighted by Crippen LogP contribution is 2.06. The van der Waals surface area contributed by atoms with Gasteiger partial charge in [-0.05, 0) is 44.4 Å². The molecule has 4 nitrogen and oxygen atoms in total. The zero-order chi connectivity index (χ0) is 13.4. The third kappa shape index (κ3) is 4.96. The molecule has 1 unspecified atom stereocenters. The molecule has 1 rings (SSSR count). The lowest BCUT2D eigenvalue weighted by atomic mass is 10.2. The van der Waals surface area contributed by atoms with Gasteiger partial charge in [0.1, 0.15) is 11.5 Å². The van der Waals surface area contributed by atoms with Crippen LogP contribution in [0.3, 0.4) is 0 Å². The van der Waals surface area contributed by atoms with Gasteiger partial charge in [-0.15, -0.1) is 0 Å². The summed E-state index contributed by atoms with van der Waals surface area (Å²) in [6.45, 7) is 4.81. The number of anilines is 1. The van der Waals surface area contributed by atoms with E-state index >= 15 is 0 Å². The van der Waals surface area contributed by atoms with E-state index < -0.39 is 0 Å². The zero-order valence-electron chi connectivity index (χ0n) is 11.2. The second kappa shape index (κ2) is 7.97. The molecule has 0 aromatic carbocycles. The zero-order valence-corrected chi connectivity index (χ0v) is 12.0. The van der Waals surface area contributed by atoms with Crippen LogP contribution in [-0.2, 0) is 0 Å². The molecular formula is C13H21N3OS. The number of pyridine rings is 1. The summed E-state index contributed by atoms with van der Waals surface area (Å²) < 4.78 is 0. The Morgan fingerprint density at radius 2 is 2.28 bits per heavy atom. The minimum Gasteiger partial charge on any atom is -0.370 e. The number of hydrogen-bond donors (Lipinski definition) is 2. The summed E-state index contributed by atoms with van der Waals surface area (Å²) in [5.74, 6) is 1.68. The number of amides is 1. The van der Waals surface area contributed by atoms with Gasteiger partial charge in [0, 0.05) is 12.6 Å². The molecule has 0 aliphatic rings. The number of rotatable bonds is 7. The molecule has 1 amide bonds. The maximum absolute atomic E-state index is 12.0. The summed E-state index contributed by atoms with van der Waals surface area (Å²) in [5, 5.41) is 6.05. The van der Waals surface area contributed by atoms with Crippen molar-refractivity contribution in [3.8, 4) is 0 Å². The van der Waals surface area contributed by atoms with Gasteiger partial charge in [-0.2, -0.15) is 11.8 Å². The fraction of sp³-hybridized carbons (Fsp3) is 0.538. The number of aromatic nitrogens is 1. The maximum Gasteiger partial charge on any atom is 0.270 e. The van der Waals surface area contributed by atoms with E-state index in [4.69, 9.17) is 0 Å². The van der Waals surface area contributed by atoms with Crippen molar-refractivity contribution < 1.29 is 4.79 Å². The van der Waals surface area contributed by atoms with Crippen molar-refractivity contribution in [2.24, 2.45) is 0 Å². The van der Waals surface area contributed by atoms with Gasteiger partial charge in [-0.1, -0.05) is 6.07 Å². The molecule has 100 valence electrons. The second-order valence-corrected chi connectivity index (χ2v) is 5.08. The molecule has 1 aromatic rings. The third-order valence-electron chi connectivity index (χ3n) is 2.47. The Kier molecular flexibility index (Phi) is 6.57. The first-order valence-electron chi connectivity index (χ1n) is 6.18. The number of nitrogens with zero attached hydrogens (tertiary/aromatic N) is 1. The molecular weight excluding hydrogens is 246 g/mol. The molecule has 0 fully saturated rings. The minimum absolute atomic E-state index is 0.108. The summed E-state index contributed by atoms with van der Waals surface area (Å²) in [7, 11) is 0. The number of hydrogen-bond acceptors (Lipinski definition) is 4. The first kappa shape index (κ1) is 14.8. The highest BCUT2D eigenvalue weighted by atomic mass is 32.2. The monoisotopic (exact) mass is 267 g/mol. The van der Waals surface area contributed by atoms with Crippen LogP contribution in [0.2, 0.25) is 0 Å². The largest absolute Gasteiger partial charge is 0.370 e. The van der Waals surface area contributed by atoms with E-state index in [1.165, 1.54) is 0 Å². The second-order valence-electron chi connectivity index (χ2n) is 4.09. The highest BCUT2D eigenvalue weighted by molar-refractivity contribution is 7.98. The molecule has 0 aliphatic heterocycles. The molecule has 0 bridgehead atoms. The van der Waals surface area contributed by atoms with E-state index in [0.717, 1.165) is 24.5 Å². The average Bonchev–Trinajstić information content (AvgIpc) is 2.37. The Morgan fingerprint density at radius 3 is 2.94 bits per heavy atom. The first-order valence-corrected chi connectivity index (χ1v) is 7.57. The van der Waals surface area contributed by atoms with Crippen molar-refractivity contribution in [3.63, 3.8) is 0 Å².